The molecule has 1 saturated heterocycles. The monoisotopic (exact) mass is 432 g/mol. The summed E-state index contributed by atoms with van der Waals surface area (Å²) >= 11 is 0. The molecule has 1 aliphatic heterocycles. The molecule has 1 aromatic heterocycles. The Balaban J connectivity index is 1.71. The van der Waals surface area contributed by atoms with Crippen LogP contribution in [0.4, 0.5) is 0 Å². The molecule has 5 atom stereocenters. The van der Waals surface area contributed by atoms with Crippen LogP contribution in [0.2, 0.25) is 0 Å². The van der Waals surface area contributed by atoms with Crippen LogP contribution in [0.3, 0.4) is 0 Å². The van der Waals surface area contributed by atoms with Gasteiger partial charge in [0.25, 0.3) is 0 Å². The zero-order valence-corrected chi connectivity index (χ0v) is 16.2. The third-order valence-corrected chi connectivity index (χ3v) is 5.09. The highest BCUT2D eigenvalue weighted by atomic mass is 16.7. The van der Waals surface area contributed by atoms with Gasteiger partial charge >= 0.3 is 0 Å². The van der Waals surface area contributed by atoms with Gasteiger partial charge in [0, 0.05) is 23.8 Å². The van der Waals surface area contributed by atoms with Crippen LogP contribution >= 0.6 is 0 Å². The first kappa shape index (κ1) is 20.9. The normalized spacial score (nSPS) is 26.1. The van der Waals surface area contributed by atoms with Crippen molar-refractivity contribution < 1.29 is 44.5 Å². The largest absolute Gasteiger partial charge is 0.508 e. The quantitative estimate of drug-likeness (QED) is 0.348. The second-order valence-electron chi connectivity index (χ2n) is 7.29. The molecular weight excluding hydrogens is 412 g/mol. The lowest BCUT2D eigenvalue weighted by atomic mass is 10.00. The van der Waals surface area contributed by atoms with Crippen molar-refractivity contribution in [2.45, 2.75) is 37.6 Å². The van der Waals surface area contributed by atoms with E-state index >= 15 is 0 Å². The molecule has 1 fully saturated rings. The van der Waals surface area contributed by atoms with E-state index in [0.717, 1.165) is 12.1 Å². The Labute approximate surface area is 174 Å². The van der Waals surface area contributed by atoms with Gasteiger partial charge in [-0.3, -0.25) is 4.79 Å². The second kappa shape index (κ2) is 7.75. The third kappa shape index (κ3) is 3.77. The van der Waals surface area contributed by atoms with Crippen LogP contribution in [-0.4, -0.2) is 61.3 Å². The lowest BCUT2D eigenvalue weighted by molar-refractivity contribution is -0.268. The standard InChI is InChI=1S/C21H20O10/c1-8-18(26)19(27)20(28)21(29-8)31-15-4-9(2-3-11(15)23)14-7-13(25)17-12(24)5-10(22)6-16(17)30-14/h2-8,18-24,26-28H,1H3/t8-,18-,19+,20+,21+/m0/s1. The number of rotatable bonds is 3. The number of phenolic OH excluding ortho intramolecular Hbond substituents is 3. The van der Waals surface area contributed by atoms with Crippen molar-refractivity contribution in [3.63, 3.8) is 0 Å². The fraction of sp³-hybridized carbons (Fsp3) is 0.286. The van der Waals surface area contributed by atoms with Crippen LogP contribution in [0.15, 0.2) is 45.6 Å². The number of aliphatic hydroxyl groups excluding tert-OH is 3. The van der Waals surface area contributed by atoms with Crippen LogP contribution in [-0.2, 0) is 4.74 Å². The SMILES string of the molecule is C[C@@H]1O[C@H](Oc2cc(-c3cc(=O)c4c(O)cc(O)cc4o3)ccc2O)[C@H](O)[C@H](O)[C@H]1O. The van der Waals surface area contributed by atoms with Gasteiger partial charge in [0.15, 0.2) is 16.9 Å². The first-order chi connectivity index (χ1) is 14.7. The molecule has 1 aliphatic rings. The van der Waals surface area contributed by atoms with Gasteiger partial charge in [-0.2, -0.15) is 0 Å². The van der Waals surface area contributed by atoms with Crippen molar-refractivity contribution in [1.29, 1.82) is 0 Å². The van der Waals surface area contributed by atoms with Crippen LogP contribution in [0.1, 0.15) is 6.92 Å². The van der Waals surface area contributed by atoms with E-state index < -0.39 is 41.9 Å². The van der Waals surface area contributed by atoms with Gasteiger partial charge in [0.1, 0.15) is 46.5 Å². The Hall–Kier alpha value is -3.31. The fourth-order valence-corrected chi connectivity index (χ4v) is 3.39. The Morgan fingerprint density at radius 1 is 0.903 bits per heavy atom. The summed E-state index contributed by atoms with van der Waals surface area (Å²) in [4.78, 5) is 12.4. The van der Waals surface area contributed by atoms with Crippen LogP contribution in [0.5, 0.6) is 23.0 Å². The van der Waals surface area contributed by atoms with Gasteiger partial charge in [0.2, 0.25) is 6.29 Å². The molecule has 4 rings (SSSR count). The lowest BCUT2D eigenvalue weighted by Crippen LogP contribution is -2.58. The number of hydrogen-bond acceptors (Lipinski definition) is 10. The molecule has 0 amide bonds. The summed E-state index contributed by atoms with van der Waals surface area (Å²) in [6.45, 7) is 1.49. The second-order valence-corrected chi connectivity index (χ2v) is 7.29. The van der Waals surface area contributed by atoms with Gasteiger partial charge in [-0.15, -0.1) is 0 Å². The minimum Gasteiger partial charge on any atom is -0.508 e. The number of hydrogen-bond donors (Lipinski definition) is 6. The molecule has 3 aromatic rings. The fourth-order valence-electron chi connectivity index (χ4n) is 3.39. The highest BCUT2D eigenvalue weighted by Crippen LogP contribution is 2.36. The summed E-state index contributed by atoms with van der Waals surface area (Å²) in [6, 6.07) is 7.35. The Morgan fingerprint density at radius 2 is 1.65 bits per heavy atom. The molecule has 10 nitrogen and oxygen atoms in total. The number of benzene rings is 2. The van der Waals surface area contributed by atoms with Crippen molar-refractivity contribution >= 4 is 11.0 Å². The van der Waals surface area contributed by atoms with E-state index in [-0.39, 0.29) is 34.0 Å². The van der Waals surface area contributed by atoms with E-state index in [4.69, 9.17) is 13.9 Å². The predicted molar refractivity (Wildman–Crippen MR) is 106 cm³/mol. The highest BCUT2D eigenvalue weighted by molar-refractivity contribution is 5.86. The molecule has 0 aliphatic carbocycles. The van der Waals surface area contributed by atoms with Gasteiger partial charge < -0.3 is 44.5 Å². The highest BCUT2D eigenvalue weighted by Gasteiger charge is 2.43. The smallest absolute Gasteiger partial charge is 0.229 e. The Kier molecular flexibility index (Phi) is 5.23. The molecule has 0 radical (unpaired) electrons. The predicted octanol–water partition coefficient (Wildman–Crippen LogP) is 0.783. The number of ether oxygens (including phenoxy) is 2. The van der Waals surface area contributed by atoms with E-state index in [1.54, 1.807) is 0 Å². The maximum Gasteiger partial charge on any atom is 0.229 e. The summed E-state index contributed by atoms with van der Waals surface area (Å²) < 4.78 is 16.5. The zero-order valence-electron chi connectivity index (χ0n) is 16.2. The molecule has 2 aromatic carbocycles. The summed E-state index contributed by atoms with van der Waals surface area (Å²) in [7, 11) is 0. The first-order valence-electron chi connectivity index (χ1n) is 9.35. The molecule has 0 unspecified atom stereocenters. The first-order valence-corrected chi connectivity index (χ1v) is 9.35. The Morgan fingerprint density at radius 3 is 2.39 bits per heavy atom. The van der Waals surface area contributed by atoms with Gasteiger partial charge in [0.05, 0.1) is 6.10 Å². The van der Waals surface area contributed by atoms with E-state index in [9.17, 15) is 35.4 Å². The third-order valence-electron chi connectivity index (χ3n) is 5.09. The van der Waals surface area contributed by atoms with Crippen LogP contribution < -0.4 is 10.2 Å². The molecule has 31 heavy (non-hydrogen) atoms. The number of phenols is 3. The van der Waals surface area contributed by atoms with Crippen molar-refractivity contribution in [3.8, 4) is 34.3 Å². The average molecular weight is 432 g/mol. The summed E-state index contributed by atoms with van der Waals surface area (Å²) in [5.41, 5.74) is -0.303. The van der Waals surface area contributed by atoms with Crippen molar-refractivity contribution in [1.82, 2.24) is 0 Å². The number of aromatic hydroxyl groups is 3. The van der Waals surface area contributed by atoms with E-state index in [0.29, 0.717) is 5.56 Å². The molecular formula is C21H20O10. The van der Waals surface area contributed by atoms with Crippen molar-refractivity contribution in [2.24, 2.45) is 0 Å². The van der Waals surface area contributed by atoms with Gasteiger partial charge in [-0.05, 0) is 25.1 Å². The minimum absolute atomic E-state index is 0.0486. The molecule has 2 heterocycles. The van der Waals surface area contributed by atoms with Gasteiger partial charge in [-0.25, -0.2) is 0 Å². The maximum atomic E-state index is 12.4. The topological polar surface area (TPSA) is 170 Å². The van der Waals surface area contributed by atoms with Crippen molar-refractivity contribution in [2.75, 3.05) is 0 Å². The maximum absolute atomic E-state index is 12.4. The molecule has 6 N–H and O–H groups in total. The number of aliphatic hydroxyl groups is 3. The minimum atomic E-state index is -1.58. The van der Waals surface area contributed by atoms with E-state index in [1.807, 2.05) is 0 Å². The van der Waals surface area contributed by atoms with Gasteiger partial charge in [-0.1, -0.05) is 0 Å². The zero-order chi connectivity index (χ0) is 22.4. The van der Waals surface area contributed by atoms with Crippen LogP contribution in [0.25, 0.3) is 22.3 Å². The summed E-state index contributed by atoms with van der Waals surface area (Å²) in [6.07, 6.45) is -6.63. The van der Waals surface area contributed by atoms with Crippen molar-refractivity contribution in [3.05, 3.63) is 46.6 Å². The van der Waals surface area contributed by atoms with Crippen LogP contribution in [0, 0.1) is 0 Å². The number of fused-ring (bicyclic) bond motifs is 1. The summed E-state index contributed by atoms with van der Waals surface area (Å²) in [5, 5.41) is 59.4. The Bertz CT molecular complexity index is 1190. The van der Waals surface area contributed by atoms with E-state index in [1.165, 1.54) is 31.2 Å². The summed E-state index contributed by atoms with van der Waals surface area (Å²) in [5.74, 6) is -1.12. The van der Waals surface area contributed by atoms with E-state index in [2.05, 4.69) is 0 Å². The molecule has 164 valence electrons. The molecule has 0 saturated carbocycles. The molecule has 0 bridgehead atoms. The lowest BCUT2D eigenvalue weighted by Gasteiger charge is -2.38. The molecule has 0 spiro atoms. The average Bonchev–Trinajstić information content (AvgIpc) is 2.71. The molecule has 10 heteroatoms.